The number of rotatable bonds is 5. The minimum absolute atomic E-state index is 0.00366. The number of amides is 1. The summed E-state index contributed by atoms with van der Waals surface area (Å²) in [5, 5.41) is 11.0. The minimum atomic E-state index is -1.27. The first kappa shape index (κ1) is 24.2. The summed E-state index contributed by atoms with van der Waals surface area (Å²) in [6.07, 6.45) is 0. The summed E-state index contributed by atoms with van der Waals surface area (Å²) in [4.78, 5) is 44.0. The van der Waals surface area contributed by atoms with Gasteiger partial charge >= 0.3 is 11.9 Å². The highest BCUT2D eigenvalue weighted by Gasteiger charge is 2.48. The van der Waals surface area contributed by atoms with Gasteiger partial charge in [0.25, 0.3) is 5.78 Å². The number of carbonyl (C=O) groups is 3. The lowest BCUT2D eigenvalue weighted by atomic mass is 9.95. The molecule has 0 radical (unpaired) electrons. The van der Waals surface area contributed by atoms with E-state index in [2.05, 4.69) is 4.98 Å². The highest BCUT2D eigenvalue weighted by molar-refractivity contribution is 7.17. The third-order valence-corrected chi connectivity index (χ3v) is 6.64. The standard InChI is InChI=1S/C25H20F2N2O5S/c1-4-34-24(33)22-13(3)28-25(35-22)29-19(14-6-5-7-16(26)10-14)18(21(31)23(29)32)20(30)15-9-8-12(2)17(27)11-15/h5-11,19,30H,4H2,1-3H3/t19-/m0/s1. The molecule has 1 aliphatic rings. The Hall–Kier alpha value is -3.92. The Balaban J connectivity index is 1.93. The molecule has 0 aliphatic carbocycles. The molecule has 2 aromatic carbocycles. The normalized spacial score (nSPS) is 17.2. The molecule has 1 N–H and O–H groups in total. The zero-order chi connectivity index (χ0) is 25.4. The number of anilines is 1. The van der Waals surface area contributed by atoms with Gasteiger partial charge in [-0.15, -0.1) is 0 Å². The van der Waals surface area contributed by atoms with Crippen LogP contribution in [0.15, 0.2) is 48.0 Å². The first-order valence-corrected chi connectivity index (χ1v) is 11.4. The molecule has 10 heteroatoms. The van der Waals surface area contributed by atoms with Crippen LogP contribution in [0.2, 0.25) is 0 Å². The molecule has 1 aliphatic heterocycles. The third-order valence-electron chi connectivity index (χ3n) is 5.51. The van der Waals surface area contributed by atoms with Crippen molar-refractivity contribution in [1.29, 1.82) is 0 Å². The van der Waals surface area contributed by atoms with Gasteiger partial charge in [-0.3, -0.25) is 14.5 Å². The molecule has 1 saturated heterocycles. The van der Waals surface area contributed by atoms with Crippen molar-refractivity contribution in [3.63, 3.8) is 0 Å². The van der Waals surface area contributed by atoms with Crippen LogP contribution in [0.5, 0.6) is 0 Å². The Morgan fingerprint density at radius 2 is 1.91 bits per heavy atom. The van der Waals surface area contributed by atoms with Gasteiger partial charge in [-0.2, -0.15) is 0 Å². The number of aryl methyl sites for hydroxylation is 2. The maximum absolute atomic E-state index is 14.2. The number of aliphatic hydroxyl groups excluding tert-OH is 1. The summed E-state index contributed by atoms with van der Waals surface area (Å²) in [7, 11) is 0. The van der Waals surface area contributed by atoms with Crippen molar-refractivity contribution in [2.24, 2.45) is 0 Å². The van der Waals surface area contributed by atoms with E-state index in [4.69, 9.17) is 4.74 Å². The second-order valence-electron chi connectivity index (χ2n) is 7.82. The lowest BCUT2D eigenvalue weighted by molar-refractivity contribution is -0.132. The van der Waals surface area contributed by atoms with Crippen LogP contribution in [-0.4, -0.2) is 34.4 Å². The van der Waals surface area contributed by atoms with E-state index in [0.29, 0.717) is 5.56 Å². The van der Waals surface area contributed by atoms with Gasteiger partial charge in [0.15, 0.2) is 5.13 Å². The molecular formula is C25H20F2N2O5S. The third kappa shape index (κ3) is 4.32. The zero-order valence-electron chi connectivity index (χ0n) is 19.0. The average Bonchev–Trinajstić information content (AvgIpc) is 3.32. The van der Waals surface area contributed by atoms with Gasteiger partial charge in [-0.05, 0) is 50.1 Å². The van der Waals surface area contributed by atoms with Gasteiger partial charge < -0.3 is 9.84 Å². The molecule has 0 spiro atoms. The Morgan fingerprint density at radius 3 is 2.57 bits per heavy atom. The number of carbonyl (C=O) groups excluding carboxylic acids is 3. The van der Waals surface area contributed by atoms with E-state index in [1.165, 1.54) is 37.3 Å². The van der Waals surface area contributed by atoms with Gasteiger partial charge in [-0.1, -0.05) is 35.6 Å². The van der Waals surface area contributed by atoms with Crippen molar-refractivity contribution in [3.05, 3.63) is 86.9 Å². The van der Waals surface area contributed by atoms with Crippen molar-refractivity contribution in [2.45, 2.75) is 26.8 Å². The molecule has 3 aromatic rings. The number of halogens is 2. The minimum Gasteiger partial charge on any atom is -0.507 e. The largest absolute Gasteiger partial charge is 0.507 e. The Labute approximate surface area is 203 Å². The van der Waals surface area contributed by atoms with Crippen LogP contribution in [0.4, 0.5) is 13.9 Å². The van der Waals surface area contributed by atoms with Crippen molar-refractivity contribution < 1.29 is 33.0 Å². The van der Waals surface area contributed by atoms with Crippen LogP contribution in [0.1, 0.15) is 45.0 Å². The van der Waals surface area contributed by atoms with Crippen molar-refractivity contribution in [2.75, 3.05) is 11.5 Å². The molecule has 0 bridgehead atoms. The maximum atomic E-state index is 14.2. The van der Waals surface area contributed by atoms with Crippen molar-refractivity contribution in [1.82, 2.24) is 4.98 Å². The summed E-state index contributed by atoms with van der Waals surface area (Å²) < 4.78 is 33.4. The number of ether oxygens (including phenoxy) is 1. The van der Waals surface area contributed by atoms with Gasteiger partial charge in [0.1, 0.15) is 22.3 Å². The predicted molar refractivity (Wildman–Crippen MR) is 125 cm³/mol. The molecule has 7 nitrogen and oxygen atoms in total. The summed E-state index contributed by atoms with van der Waals surface area (Å²) >= 11 is 0.836. The van der Waals surface area contributed by atoms with E-state index in [1.54, 1.807) is 13.8 Å². The van der Waals surface area contributed by atoms with Crippen molar-refractivity contribution >= 4 is 39.9 Å². The summed E-state index contributed by atoms with van der Waals surface area (Å²) in [6.45, 7) is 4.86. The Bertz CT molecular complexity index is 1400. The molecule has 1 fully saturated rings. The number of Topliss-reactive ketones (excluding diaryl/α,β-unsaturated/α-hetero) is 1. The van der Waals surface area contributed by atoms with Crippen LogP contribution in [0.25, 0.3) is 5.76 Å². The van der Waals surface area contributed by atoms with Crippen LogP contribution >= 0.6 is 11.3 Å². The first-order valence-electron chi connectivity index (χ1n) is 10.6. The van der Waals surface area contributed by atoms with Crippen LogP contribution < -0.4 is 4.90 Å². The predicted octanol–water partition coefficient (Wildman–Crippen LogP) is 4.84. The number of benzene rings is 2. The fraction of sp³-hybridized carbons (Fsp3) is 0.200. The van der Waals surface area contributed by atoms with Crippen molar-refractivity contribution in [3.8, 4) is 0 Å². The second kappa shape index (κ2) is 9.38. The van der Waals surface area contributed by atoms with Gasteiger partial charge in [0, 0.05) is 5.56 Å². The molecule has 0 saturated carbocycles. The number of hydrogen-bond acceptors (Lipinski definition) is 7. The monoisotopic (exact) mass is 498 g/mol. The van der Waals surface area contributed by atoms with Gasteiger partial charge in [0.2, 0.25) is 0 Å². The second-order valence-corrected chi connectivity index (χ2v) is 8.80. The van der Waals surface area contributed by atoms with Gasteiger partial charge in [-0.25, -0.2) is 18.6 Å². The number of aliphatic hydroxyl groups is 1. The smallest absolute Gasteiger partial charge is 0.350 e. The zero-order valence-corrected chi connectivity index (χ0v) is 19.8. The summed E-state index contributed by atoms with van der Waals surface area (Å²) in [6, 6.07) is 7.82. The molecule has 1 amide bonds. The summed E-state index contributed by atoms with van der Waals surface area (Å²) in [5.41, 5.74) is 0.422. The van der Waals surface area contributed by atoms with E-state index in [9.17, 15) is 28.3 Å². The highest BCUT2D eigenvalue weighted by atomic mass is 32.1. The van der Waals surface area contributed by atoms with Crippen LogP contribution in [-0.2, 0) is 14.3 Å². The lowest BCUT2D eigenvalue weighted by Gasteiger charge is -2.23. The topological polar surface area (TPSA) is 96.8 Å². The molecule has 180 valence electrons. The molecule has 0 unspecified atom stereocenters. The van der Waals surface area contributed by atoms with Gasteiger partial charge in [0.05, 0.1) is 23.9 Å². The maximum Gasteiger partial charge on any atom is 0.350 e. The average molecular weight is 499 g/mol. The van der Waals surface area contributed by atoms with E-state index in [-0.39, 0.29) is 39.0 Å². The molecule has 2 heterocycles. The summed E-state index contributed by atoms with van der Waals surface area (Å²) in [5.74, 6) is -4.57. The SMILES string of the molecule is CCOC(=O)c1sc(N2C(=O)C(=O)C(=C(O)c3ccc(C)c(F)c3)[C@@H]2c2cccc(F)c2)nc1C. The fourth-order valence-corrected chi connectivity index (χ4v) is 4.78. The quantitative estimate of drug-likeness (QED) is 0.234. The van der Waals surface area contributed by atoms with E-state index in [0.717, 1.165) is 28.4 Å². The number of esters is 1. The lowest BCUT2D eigenvalue weighted by Crippen LogP contribution is -2.29. The molecule has 4 rings (SSSR count). The number of hydrogen-bond donors (Lipinski definition) is 1. The van der Waals surface area contributed by atoms with E-state index < -0.39 is 41.1 Å². The highest BCUT2D eigenvalue weighted by Crippen LogP contribution is 2.44. The van der Waals surface area contributed by atoms with E-state index in [1.807, 2.05) is 0 Å². The molecular weight excluding hydrogens is 478 g/mol. The number of ketones is 1. The molecule has 35 heavy (non-hydrogen) atoms. The van der Waals surface area contributed by atoms with Crippen LogP contribution in [0, 0.1) is 25.5 Å². The van der Waals surface area contributed by atoms with E-state index >= 15 is 0 Å². The Kier molecular flexibility index (Phi) is 6.49. The number of nitrogens with zero attached hydrogens (tertiary/aromatic N) is 2. The van der Waals surface area contributed by atoms with Crippen LogP contribution in [0.3, 0.4) is 0 Å². The molecule has 1 atom stereocenters. The molecule has 1 aromatic heterocycles. The first-order chi connectivity index (χ1) is 16.6. The number of aromatic nitrogens is 1. The number of thiazole rings is 1. The Morgan fingerprint density at radius 1 is 1.17 bits per heavy atom. The fourth-order valence-electron chi connectivity index (χ4n) is 3.79.